The number of hydrogen-bond donors (Lipinski definition) is 4. The van der Waals surface area contributed by atoms with E-state index in [2.05, 4.69) is 313 Å². The van der Waals surface area contributed by atoms with Crippen molar-refractivity contribution in [3.63, 3.8) is 0 Å². The average Bonchev–Trinajstić information content (AvgIpc) is 3.54. The summed E-state index contributed by atoms with van der Waals surface area (Å²) in [6, 6.07) is 101. The van der Waals surface area contributed by atoms with Crippen LogP contribution in [0.3, 0.4) is 0 Å². The highest BCUT2D eigenvalue weighted by atomic mass is 79.9. The molecule has 0 bridgehead atoms. The van der Waals surface area contributed by atoms with E-state index in [0.29, 0.717) is 10.9 Å². The van der Waals surface area contributed by atoms with E-state index in [1.165, 1.54) is 124 Å². The lowest BCUT2D eigenvalue weighted by molar-refractivity contribution is 0.423. The zero-order chi connectivity index (χ0) is 55.8. The summed E-state index contributed by atoms with van der Waals surface area (Å²) in [4.78, 5) is 0. The van der Waals surface area contributed by atoms with Crippen LogP contribution in [-0.2, 0) is 0 Å². The highest BCUT2D eigenvalue weighted by molar-refractivity contribution is 9.10. The summed E-state index contributed by atoms with van der Waals surface area (Å²) >= 11 is 7.13. The first kappa shape index (κ1) is 56.5. The van der Waals surface area contributed by atoms with Gasteiger partial charge in [-0.25, -0.2) is 0 Å². The molecule has 0 atom stereocenters. The van der Waals surface area contributed by atoms with Crippen molar-refractivity contribution in [1.82, 2.24) is 0 Å². The highest BCUT2D eigenvalue weighted by Gasteiger charge is 2.17. The lowest BCUT2D eigenvalue weighted by Crippen LogP contribution is -2.34. The van der Waals surface area contributed by atoms with E-state index in [4.69, 9.17) is 20.1 Å². The first-order valence-electron chi connectivity index (χ1n) is 26.4. The molecule has 0 aliphatic heterocycles. The number of halogens is 2. The smallest absolute Gasteiger partial charge is 0.423 e. The predicted molar refractivity (Wildman–Crippen MR) is 344 cm³/mol. The molecule has 0 spiro atoms. The van der Waals surface area contributed by atoms with E-state index in [1.54, 1.807) is 0 Å². The quantitative estimate of drug-likeness (QED) is 0.0726. The van der Waals surface area contributed by atoms with Crippen LogP contribution in [-0.4, -0.2) is 34.3 Å². The average molecular weight is 1170 g/mol. The summed E-state index contributed by atoms with van der Waals surface area (Å²) in [6.45, 7) is 4.34. The van der Waals surface area contributed by atoms with Crippen molar-refractivity contribution in [2.24, 2.45) is 0 Å². The van der Waals surface area contributed by atoms with Crippen molar-refractivity contribution in [2.45, 2.75) is 13.8 Å². The van der Waals surface area contributed by atoms with Gasteiger partial charge in [-0.3, -0.25) is 0 Å². The van der Waals surface area contributed by atoms with Crippen molar-refractivity contribution in [2.75, 3.05) is 0 Å². The molecule has 0 saturated heterocycles. The second-order valence-corrected chi connectivity index (χ2v) is 21.1. The molecule has 11 aromatic carbocycles. The van der Waals surface area contributed by atoms with Crippen LogP contribution in [0.1, 0.15) is 51.4 Å². The molecule has 80 heavy (non-hydrogen) atoms. The van der Waals surface area contributed by atoms with Gasteiger partial charge in [0.25, 0.3) is 0 Å². The molecule has 0 fully saturated rings. The van der Waals surface area contributed by atoms with Gasteiger partial charge in [-0.2, -0.15) is 0 Å². The second-order valence-electron chi connectivity index (χ2n) is 19.2. The molecule has 0 aliphatic rings. The van der Waals surface area contributed by atoms with Crippen molar-refractivity contribution >= 4 is 79.3 Å². The Kier molecular flexibility index (Phi) is 19.5. The third kappa shape index (κ3) is 14.7. The molecule has 390 valence electrons. The molecule has 0 saturated carbocycles. The lowest BCUT2D eigenvalue weighted by atomic mass is 9.75. The SMILES string of the molecule is Brc1ccc(/C(=C(\c2ccccc2)c2ccc(Br)cc2)c2ccccc2)cc1.C/C(=C(\c1ccccc1)c1ccc(-c2ccc(-c3ccc(-c4ccc(C)cc4)cc3)cc2)cc1)c1ccccc1.OB(O)c1ccc(B(O)O)cc1. The fourth-order valence-corrected chi connectivity index (χ4v) is 10.0. The zero-order valence-electron chi connectivity index (χ0n) is 44.4. The summed E-state index contributed by atoms with van der Waals surface area (Å²) in [7, 11) is -3.04. The largest absolute Gasteiger partial charge is 0.488 e. The van der Waals surface area contributed by atoms with Crippen LogP contribution in [0.4, 0.5) is 0 Å². The van der Waals surface area contributed by atoms with Crippen LogP contribution >= 0.6 is 31.9 Å². The van der Waals surface area contributed by atoms with Gasteiger partial charge in [-0.05, 0) is 144 Å². The highest BCUT2D eigenvalue weighted by Crippen LogP contribution is 2.38. The Hall–Kier alpha value is -8.17. The Morgan fingerprint density at radius 1 is 0.263 bits per heavy atom. The van der Waals surface area contributed by atoms with Gasteiger partial charge >= 0.3 is 14.2 Å². The molecule has 0 aliphatic carbocycles. The van der Waals surface area contributed by atoms with Gasteiger partial charge in [-0.15, -0.1) is 0 Å². The predicted octanol–water partition coefficient (Wildman–Crippen LogP) is 16.2. The maximum Gasteiger partial charge on any atom is 0.488 e. The maximum absolute atomic E-state index is 8.68. The van der Waals surface area contributed by atoms with E-state index >= 15 is 0 Å². The van der Waals surface area contributed by atoms with Crippen LogP contribution in [0.2, 0.25) is 0 Å². The third-order valence-corrected chi connectivity index (χ3v) is 14.9. The molecule has 0 radical (unpaired) electrons. The van der Waals surface area contributed by atoms with Gasteiger partial charge in [-0.1, -0.05) is 304 Å². The molecular weight excluding hydrogens is 1110 g/mol. The maximum atomic E-state index is 8.68. The molecule has 0 aromatic heterocycles. The summed E-state index contributed by atoms with van der Waals surface area (Å²) in [5, 5.41) is 34.7. The number of hydrogen-bond acceptors (Lipinski definition) is 4. The Morgan fingerprint density at radius 2 is 0.487 bits per heavy atom. The van der Waals surface area contributed by atoms with Crippen LogP contribution in [0.5, 0.6) is 0 Å². The van der Waals surface area contributed by atoms with E-state index < -0.39 is 14.2 Å². The lowest BCUT2D eigenvalue weighted by Gasteiger charge is -2.18. The Bertz CT molecular complexity index is 3650. The minimum absolute atomic E-state index is 0.319. The minimum Gasteiger partial charge on any atom is -0.423 e. The molecular formula is C72H58B2Br2O4. The van der Waals surface area contributed by atoms with E-state index in [1.807, 2.05) is 0 Å². The molecule has 11 rings (SSSR count). The van der Waals surface area contributed by atoms with Gasteiger partial charge in [0.1, 0.15) is 0 Å². The van der Waals surface area contributed by atoms with Crippen LogP contribution in [0, 0.1) is 6.92 Å². The summed E-state index contributed by atoms with van der Waals surface area (Å²) in [5.74, 6) is 0. The second kappa shape index (κ2) is 27.6. The van der Waals surface area contributed by atoms with Crippen molar-refractivity contribution in [3.8, 4) is 33.4 Å². The van der Waals surface area contributed by atoms with Gasteiger partial charge in [0.15, 0.2) is 0 Å². The van der Waals surface area contributed by atoms with E-state index in [0.717, 1.165) is 8.95 Å². The van der Waals surface area contributed by atoms with E-state index in [9.17, 15) is 0 Å². The van der Waals surface area contributed by atoms with Gasteiger partial charge < -0.3 is 20.1 Å². The topological polar surface area (TPSA) is 80.9 Å². The minimum atomic E-state index is -1.52. The summed E-state index contributed by atoms with van der Waals surface area (Å²) in [6.07, 6.45) is 0. The van der Waals surface area contributed by atoms with Crippen LogP contribution in [0.15, 0.2) is 300 Å². The first-order chi connectivity index (χ1) is 39.0. The van der Waals surface area contributed by atoms with E-state index in [-0.39, 0.29) is 0 Å². The number of rotatable bonds is 12. The fraction of sp³-hybridized carbons (Fsp3) is 0.0278. The summed E-state index contributed by atoms with van der Waals surface area (Å²) in [5.41, 5.74) is 22.8. The monoisotopic (exact) mass is 1170 g/mol. The molecule has 4 nitrogen and oxygen atoms in total. The number of allylic oxidation sites excluding steroid dienone is 1. The number of benzene rings is 11. The van der Waals surface area contributed by atoms with Crippen molar-refractivity contribution in [1.29, 1.82) is 0 Å². The molecule has 4 N–H and O–H groups in total. The van der Waals surface area contributed by atoms with Crippen molar-refractivity contribution < 1.29 is 20.1 Å². The third-order valence-electron chi connectivity index (χ3n) is 13.8. The molecule has 8 heteroatoms. The Labute approximate surface area is 488 Å². The molecule has 0 heterocycles. The standard InChI is InChI=1S/C40H32.C26H18Br2.C6H8B2O4/c1-29-13-15-32(16-14-29)33-17-19-34(20-18-33)35-21-23-36(24-22-35)37-25-27-39(28-26-37)40(38-11-7-4-8-12-38)30(2)31-9-5-3-6-10-31;27-23-15-11-21(12-16-23)25(19-7-3-1-4-8-19)26(20-9-5-2-6-10-20)22-13-17-24(28)18-14-22;9-7(10)5-1-2-6(4-3-5)8(11)12/h3-28H,1-2H3;1-18H;1-4,9-12H/b40-30-;26-25+;. The van der Waals surface area contributed by atoms with Crippen LogP contribution < -0.4 is 10.9 Å². The fourth-order valence-electron chi connectivity index (χ4n) is 9.52. The summed E-state index contributed by atoms with van der Waals surface area (Å²) < 4.78 is 2.15. The normalized spacial score (nSPS) is 11.4. The molecule has 0 amide bonds. The zero-order valence-corrected chi connectivity index (χ0v) is 47.6. The van der Waals surface area contributed by atoms with Crippen molar-refractivity contribution in [3.05, 3.63) is 345 Å². The van der Waals surface area contributed by atoms with Gasteiger partial charge in [0, 0.05) is 8.95 Å². The number of aryl methyl sites for hydroxylation is 1. The Morgan fingerprint density at radius 3 is 0.787 bits per heavy atom. The molecule has 0 unspecified atom stereocenters. The Balaban J connectivity index is 0.000000167. The van der Waals surface area contributed by atoms with Crippen LogP contribution in [0.25, 0.3) is 55.7 Å². The van der Waals surface area contributed by atoms with Gasteiger partial charge in [0.2, 0.25) is 0 Å². The molecule has 11 aromatic rings. The first-order valence-corrected chi connectivity index (χ1v) is 28.0. The van der Waals surface area contributed by atoms with Gasteiger partial charge in [0.05, 0.1) is 0 Å².